The van der Waals surface area contributed by atoms with Gasteiger partial charge in [-0.05, 0) is 104 Å². The fourth-order valence-corrected chi connectivity index (χ4v) is 10.1. The number of carbonyl (C=O) groups is 1. The molecule has 1 aliphatic heterocycles. The van der Waals surface area contributed by atoms with Crippen LogP contribution in [0.2, 0.25) is 0 Å². The van der Waals surface area contributed by atoms with Crippen LogP contribution < -0.4 is 10.9 Å². The van der Waals surface area contributed by atoms with Crippen molar-refractivity contribution in [3.63, 3.8) is 0 Å². The average molecular weight is 499 g/mol. The third kappa shape index (κ3) is 3.44. The second-order valence-electron chi connectivity index (χ2n) is 13.1. The Morgan fingerprint density at radius 1 is 1.08 bits per heavy atom. The van der Waals surface area contributed by atoms with E-state index in [4.69, 9.17) is 4.42 Å². The van der Waals surface area contributed by atoms with Gasteiger partial charge < -0.3 is 24.8 Å². The monoisotopic (exact) mass is 498 g/mol. The third-order valence-corrected chi connectivity index (χ3v) is 12.1. The minimum Gasteiger partial charge on any atom is -0.465 e. The van der Waals surface area contributed by atoms with Crippen molar-refractivity contribution >= 4 is 6.09 Å². The maximum atomic E-state index is 12.4. The third-order valence-electron chi connectivity index (χ3n) is 12.1. The van der Waals surface area contributed by atoms with Crippen molar-refractivity contribution in [3.8, 4) is 0 Å². The lowest BCUT2D eigenvalue weighted by Gasteiger charge is -2.64. The largest absolute Gasteiger partial charge is 0.465 e. The summed E-state index contributed by atoms with van der Waals surface area (Å²) in [6.45, 7) is 6.87. The summed E-state index contributed by atoms with van der Waals surface area (Å²) in [7, 11) is 0. The van der Waals surface area contributed by atoms with Gasteiger partial charge in [0.15, 0.2) is 0 Å². The Bertz CT molecular complexity index is 1050. The molecule has 1 saturated heterocycles. The first-order valence-electron chi connectivity index (χ1n) is 14.2. The molecule has 2 heterocycles. The number of piperazine rings is 1. The minimum absolute atomic E-state index is 0.0823. The van der Waals surface area contributed by atoms with Crippen LogP contribution >= 0.6 is 0 Å². The van der Waals surface area contributed by atoms with Gasteiger partial charge in [0, 0.05) is 31.1 Å². The summed E-state index contributed by atoms with van der Waals surface area (Å²) >= 11 is 0. The molecule has 5 fully saturated rings. The van der Waals surface area contributed by atoms with E-state index in [9.17, 15) is 19.8 Å². The van der Waals surface area contributed by atoms with Gasteiger partial charge in [-0.3, -0.25) is 0 Å². The molecule has 1 aromatic heterocycles. The summed E-state index contributed by atoms with van der Waals surface area (Å²) in [5.41, 5.74) is 0.0536. The predicted octanol–water partition coefficient (Wildman–Crippen LogP) is 4.45. The summed E-state index contributed by atoms with van der Waals surface area (Å²) in [6.07, 6.45) is 10.2. The van der Waals surface area contributed by atoms with E-state index in [1.165, 1.54) is 6.07 Å². The zero-order chi connectivity index (χ0) is 25.3. The highest BCUT2D eigenvalue weighted by atomic mass is 16.4. The second kappa shape index (κ2) is 8.59. The molecule has 0 aromatic carbocycles. The molecule has 3 unspecified atom stereocenters. The number of aliphatic hydroxyl groups is 1. The number of carboxylic acid groups (broad SMARTS) is 1. The lowest BCUT2D eigenvalue weighted by atomic mass is 9.42. The smallest absolute Gasteiger partial charge is 0.407 e. The zero-order valence-electron chi connectivity index (χ0n) is 21.7. The number of hydrogen-bond donors (Lipinski definition) is 3. The van der Waals surface area contributed by atoms with Crippen molar-refractivity contribution in [1.29, 1.82) is 0 Å². The van der Waals surface area contributed by atoms with Crippen LogP contribution in [0.5, 0.6) is 0 Å². The van der Waals surface area contributed by atoms with Crippen molar-refractivity contribution < 1.29 is 19.4 Å². The maximum absolute atomic E-state index is 12.4. The van der Waals surface area contributed by atoms with E-state index in [0.29, 0.717) is 30.2 Å². The van der Waals surface area contributed by atoms with Crippen molar-refractivity contribution in [3.05, 3.63) is 34.4 Å². The maximum Gasteiger partial charge on any atom is 0.407 e. The molecule has 0 radical (unpaired) electrons. The highest BCUT2D eigenvalue weighted by molar-refractivity contribution is 5.65. The highest BCUT2D eigenvalue weighted by Crippen LogP contribution is 2.70. The average Bonchev–Trinajstić information content (AvgIpc) is 3.15. The molecule has 3 N–H and O–H groups in total. The molecule has 4 aliphatic carbocycles. The van der Waals surface area contributed by atoms with Crippen LogP contribution in [-0.2, 0) is 0 Å². The van der Waals surface area contributed by atoms with Crippen LogP contribution in [0.4, 0.5) is 4.79 Å². The topological polar surface area (TPSA) is 103 Å². The van der Waals surface area contributed by atoms with Gasteiger partial charge in [-0.2, -0.15) is 0 Å². The predicted molar refractivity (Wildman–Crippen MR) is 136 cm³/mol. The van der Waals surface area contributed by atoms with Crippen LogP contribution in [0.3, 0.4) is 0 Å². The summed E-state index contributed by atoms with van der Waals surface area (Å²) in [6, 6.07) is 3.50. The molecule has 0 spiro atoms. The Hall–Kier alpha value is -1.86. The van der Waals surface area contributed by atoms with E-state index in [1.807, 2.05) is 6.07 Å². The minimum atomic E-state index is -0.777. The van der Waals surface area contributed by atoms with E-state index in [1.54, 1.807) is 11.2 Å². The van der Waals surface area contributed by atoms with Gasteiger partial charge in [-0.25, -0.2) is 9.59 Å². The van der Waals surface area contributed by atoms with Gasteiger partial charge in [0.05, 0.1) is 17.9 Å². The van der Waals surface area contributed by atoms with Crippen LogP contribution in [0, 0.1) is 34.5 Å². The van der Waals surface area contributed by atoms with E-state index < -0.39 is 11.7 Å². The number of fused-ring (bicyclic) bond motifs is 5. The molecule has 7 heteroatoms. The summed E-state index contributed by atoms with van der Waals surface area (Å²) in [5, 5.41) is 25.7. The Balaban J connectivity index is 1.23. The van der Waals surface area contributed by atoms with E-state index >= 15 is 0 Å². The van der Waals surface area contributed by atoms with Crippen LogP contribution in [0.25, 0.3) is 0 Å². The lowest BCUT2D eigenvalue weighted by Crippen LogP contribution is -2.63. The first-order valence-corrected chi connectivity index (χ1v) is 14.2. The van der Waals surface area contributed by atoms with Crippen molar-refractivity contribution in [2.24, 2.45) is 34.5 Å². The van der Waals surface area contributed by atoms with Gasteiger partial charge in [0.25, 0.3) is 0 Å². The summed E-state index contributed by atoms with van der Waals surface area (Å²) in [5.74, 6) is 2.06. The van der Waals surface area contributed by atoms with E-state index in [-0.39, 0.29) is 28.4 Å². The molecule has 7 nitrogen and oxygen atoms in total. The molecule has 6 rings (SSSR count). The molecule has 4 saturated carbocycles. The molecule has 0 bridgehead atoms. The molecule has 9 atom stereocenters. The molecule has 198 valence electrons. The number of rotatable bonds is 2. The number of nitrogens with one attached hydrogen (secondary N) is 1. The fourth-order valence-electron chi connectivity index (χ4n) is 10.1. The van der Waals surface area contributed by atoms with Crippen LogP contribution in [0.15, 0.2) is 27.6 Å². The van der Waals surface area contributed by atoms with Crippen LogP contribution in [0.1, 0.15) is 83.1 Å². The Morgan fingerprint density at radius 2 is 1.92 bits per heavy atom. The first-order chi connectivity index (χ1) is 17.2. The summed E-state index contributed by atoms with van der Waals surface area (Å²) < 4.78 is 5.22. The van der Waals surface area contributed by atoms with Gasteiger partial charge in [0.1, 0.15) is 0 Å². The number of hydrogen-bond acceptors (Lipinski definition) is 5. The van der Waals surface area contributed by atoms with Crippen molar-refractivity contribution in [2.75, 3.05) is 19.6 Å². The Kier molecular flexibility index (Phi) is 5.84. The second-order valence-corrected chi connectivity index (χ2v) is 13.1. The standard InChI is InChI=1S/C29H42N2O5/c1-27-10-7-18(24-16-30-13-14-31(24)26(33)34)15-20(27)4-5-23-22(27)8-11-28(2)21(9-12-29(23,28)35)19-3-6-25(32)36-17-19/h3,6,17-18,20-24,30,35H,4-5,7-16H2,1-2H3,(H,33,34)/t18?,20?,21-,22+,23-,24?,27+,28-,29+/m1/s1. The van der Waals surface area contributed by atoms with E-state index in [2.05, 4.69) is 19.2 Å². The Labute approximate surface area is 213 Å². The molecular formula is C29H42N2O5. The fraction of sp³-hybridized carbons (Fsp3) is 0.793. The lowest BCUT2D eigenvalue weighted by molar-refractivity contribution is -0.204. The van der Waals surface area contributed by atoms with Gasteiger partial charge >= 0.3 is 11.7 Å². The molecule has 1 amide bonds. The van der Waals surface area contributed by atoms with Crippen molar-refractivity contribution in [2.45, 2.75) is 89.2 Å². The number of amides is 1. The summed E-state index contributed by atoms with van der Waals surface area (Å²) in [4.78, 5) is 25.1. The first kappa shape index (κ1) is 24.5. The van der Waals surface area contributed by atoms with Crippen molar-refractivity contribution in [1.82, 2.24) is 10.2 Å². The Morgan fingerprint density at radius 3 is 2.67 bits per heavy atom. The zero-order valence-corrected chi connectivity index (χ0v) is 21.7. The van der Waals surface area contributed by atoms with Crippen LogP contribution in [-0.4, -0.2) is 52.5 Å². The van der Waals surface area contributed by atoms with E-state index in [0.717, 1.165) is 76.4 Å². The van der Waals surface area contributed by atoms with Gasteiger partial charge in [-0.1, -0.05) is 13.8 Å². The molecular weight excluding hydrogens is 456 g/mol. The van der Waals surface area contributed by atoms with Gasteiger partial charge in [0.2, 0.25) is 0 Å². The molecule has 36 heavy (non-hydrogen) atoms. The quantitative estimate of drug-likeness (QED) is 0.557. The highest BCUT2D eigenvalue weighted by Gasteiger charge is 2.67. The molecule has 1 aromatic rings. The normalized spacial score (nSPS) is 46.5. The number of nitrogens with zero attached hydrogens (tertiary/aromatic N) is 1. The van der Waals surface area contributed by atoms with Gasteiger partial charge in [-0.15, -0.1) is 0 Å². The SMILES string of the molecule is C[C@]12CCC(C3CNCCN3C(=O)O)CC1CC[C@@H]1[C@@H]2CC[C@]2(C)[C@@H](c3ccc(=O)oc3)CC[C@]12O. The molecule has 5 aliphatic rings.